The van der Waals surface area contributed by atoms with Gasteiger partial charge >= 0.3 is 0 Å². The van der Waals surface area contributed by atoms with Crippen molar-refractivity contribution in [2.45, 2.75) is 50.6 Å². The normalized spacial score (nSPS) is 24.3. The van der Waals surface area contributed by atoms with E-state index < -0.39 is 0 Å². The van der Waals surface area contributed by atoms with E-state index in [2.05, 4.69) is 27.1 Å². The Morgan fingerprint density at radius 2 is 2.00 bits per heavy atom. The molecule has 0 bridgehead atoms. The fourth-order valence-corrected chi connectivity index (χ4v) is 4.63. The maximum atomic E-state index is 5.85. The van der Waals surface area contributed by atoms with Crippen LogP contribution in [-0.2, 0) is 5.88 Å². The Bertz CT molecular complexity index is 423. The molecular formula is C15H24ClN3S. The third-order valence-electron chi connectivity index (χ3n) is 4.80. The summed E-state index contributed by atoms with van der Waals surface area (Å²) < 4.78 is 0. The van der Waals surface area contributed by atoms with E-state index in [0.717, 1.165) is 11.7 Å². The molecule has 0 spiro atoms. The number of halogens is 1. The molecule has 1 saturated heterocycles. The second-order valence-electron chi connectivity index (χ2n) is 6.00. The lowest BCUT2D eigenvalue weighted by molar-refractivity contribution is 0.0749. The second-order valence-corrected chi connectivity index (χ2v) is 7.15. The third-order valence-corrected chi connectivity index (χ3v) is 6.14. The average molecular weight is 314 g/mol. The zero-order valence-electron chi connectivity index (χ0n) is 12.2. The number of hydrogen-bond acceptors (Lipinski definition) is 4. The van der Waals surface area contributed by atoms with E-state index in [9.17, 15) is 0 Å². The number of nitrogens with zero attached hydrogens (tertiary/aromatic N) is 3. The number of alkyl halides is 1. The lowest BCUT2D eigenvalue weighted by Gasteiger charge is -2.40. The maximum absolute atomic E-state index is 5.85. The number of hydrogen-bond donors (Lipinski definition) is 0. The van der Waals surface area contributed by atoms with Gasteiger partial charge in [-0.3, -0.25) is 9.80 Å². The summed E-state index contributed by atoms with van der Waals surface area (Å²) in [5.74, 6) is 0.526. The van der Waals surface area contributed by atoms with Gasteiger partial charge in [0.1, 0.15) is 5.01 Å². The minimum Gasteiger partial charge on any atom is -0.298 e. The summed E-state index contributed by atoms with van der Waals surface area (Å²) in [6, 6.07) is 1.30. The highest BCUT2D eigenvalue weighted by atomic mass is 35.5. The smallest absolute Gasteiger partial charge is 0.110 e. The molecule has 0 aromatic carbocycles. The molecule has 2 heterocycles. The fraction of sp³-hybridized carbons (Fsp3) is 0.800. The van der Waals surface area contributed by atoms with Crippen molar-refractivity contribution in [3.63, 3.8) is 0 Å². The van der Waals surface area contributed by atoms with Crippen LogP contribution in [0.25, 0.3) is 0 Å². The van der Waals surface area contributed by atoms with Crippen molar-refractivity contribution in [1.29, 1.82) is 0 Å². The molecule has 1 unspecified atom stereocenters. The summed E-state index contributed by atoms with van der Waals surface area (Å²) in [5, 5.41) is 3.31. The molecule has 20 heavy (non-hydrogen) atoms. The molecule has 5 heteroatoms. The molecule has 2 fully saturated rings. The first kappa shape index (κ1) is 14.8. The van der Waals surface area contributed by atoms with Gasteiger partial charge in [0.25, 0.3) is 0 Å². The van der Waals surface area contributed by atoms with Crippen LogP contribution in [0.4, 0.5) is 0 Å². The molecule has 1 aromatic heterocycles. The topological polar surface area (TPSA) is 19.4 Å². The lowest BCUT2D eigenvalue weighted by Crippen LogP contribution is -2.50. The van der Waals surface area contributed by atoms with Crippen LogP contribution in [0.3, 0.4) is 0 Å². The van der Waals surface area contributed by atoms with Gasteiger partial charge in [-0.15, -0.1) is 22.9 Å². The zero-order valence-corrected chi connectivity index (χ0v) is 13.8. The predicted octanol–water partition coefficient (Wildman–Crippen LogP) is 3.50. The van der Waals surface area contributed by atoms with Gasteiger partial charge in [0.2, 0.25) is 0 Å². The minimum atomic E-state index is 0.433. The van der Waals surface area contributed by atoms with Crippen molar-refractivity contribution in [1.82, 2.24) is 14.8 Å². The Morgan fingerprint density at radius 1 is 1.30 bits per heavy atom. The first-order chi connectivity index (χ1) is 9.78. The number of thiazole rings is 1. The monoisotopic (exact) mass is 313 g/mol. The molecule has 1 aliphatic carbocycles. The van der Waals surface area contributed by atoms with Gasteiger partial charge < -0.3 is 0 Å². The van der Waals surface area contributed by atoms with Crippen molar-refractivity contribution >= 4 is 22.9 Å². The highest BCUT2D eigenvalue weighted by Crippen LogP contribution is 2.28. The van der Waals surface area contributed by atoms with E-state index in [1.165, 1.54) is 56.9 Å². The third kappa shape index (κ3) is 3.19. The van der Waals surface area contributed by atoms with Crippen molar-refractivity contribution in [2.24, 2.45) is 0 Å². The molecule has 112 valence electrons. The summed E-state index contributed by atoms with van der Waals surface area (Å²) in [6.45, 7) is 7.08. The Balaban J connectivity index is 1.54. The fourth-order valence-electron chi connectivity index (χ4n) is 3.49. The average Bonchev–Trinajstić information content (AvgIpc) is 3.18. The summed E-state index contributed by atoms with van der Waals surface area (Å²) >= 11 is 7.60. The Kier molecular flexibility index (Phi) is 4.97. The molecule has 2 aliphatic rings. The van der Waals surface area contributed by atoms with E-state index in [1.807, 2.05) is 0 Å². The van der Waals surface area contributed by atoms with Crippen LogP contribution >= 0.6 is 22.9 Å². The molecule has 1 aromatic rings. The maximum Gasteiger partial charge on any atom is 0.110 e. The molecule has 0 radical (unpaired) electrons. The van der Waals surface area contributed by atoms with Gasteiger partial charge in [0, 0.05) is 37.6 Å². The second kappa shape index (κ2) is 6.73. The van der Waals surface area contributed by atoms with Crippen molar-refractivity contribution in [3.8, 4) is 0 Å². The molecular weight excluding hydrogens is 290 g/mol. The van der Waals surface area contributed by atoms with Gasteiger partial charge in [-0.25, -0.2) is 4.98 Å². The molecule has 3 rings (SSSR count). The van der Waals surface area contributed by atoms with Crippen LogP contribution in [0.1, 0.15) is 49.4 Å². The first-order valence-electron chi connectivity index (χ1n) is 7.76. The highest BCUT2D eigenvalue weighted by Gasteiger charge is 2.28. The van der Waals surface area contributed by atoms with Crippen LogP contribution < -0.4 is 0 Å². The van der Waals surface area contributed by atoms with E-state index in [0.29, 0.717) is 11.9 Å². The van der Waals surface area contributed by atoms with E-state index in [1.54, 1.807) is 11.3 Å². The number of aromatic nitrogens is 1. The van der Waals surface area contributed by atoms with Gasteiger partial charge in [-0.05, 0) is 19.8 Å². The summed E-state index contributed by atoms with van der Waals surface area (Å²) in [5.41, 5.74) is 1.02. The number of rotatable bonds is 4. The van der Waals surface area contributed by atoms with Crippen molar-refractivity contribution < 1.29 is 0 Å². The first-order valence-corrected chi connectivity index (χ1v) is 9.17. The zero-order chi connectivity index (χ0) is 13.9. The highest BCUT2D eigenvalue weighted by molar-refractivity contribution is 7.09. The van der Waals surface area contributed by atoms with E-state index >= 15 is 0 Å². The molecule has 1 saturated carbocycles. The van der Waals surface area contributed by atoms with Gasteiger partial charge in [-0.1, -0.05) is 12.8 Å². The molecule has 3 nitrogen and oxygen atoms in total. The van der Waals surface area contributed by atoms with Crippen LogP contribution in [0.2, 0.25) is 0 Å². The summed E-state index contributed by atoms with van der Waals surface area (Å²) in [4.78, 5) is 9.91. The largest absolute Gasteiger partial charge is 0.298 e. The molecule has 0 N–H and O–H groups in total. The minimum absolute atomic E-state index is 0.433. The summed E-state index contributed by atoms with van der Waals surface area (Å²) in [6.07, 6.45) is 5.70. The van der Waals surface area contributed by atoms with Crippen LogP contribution in [0.15, 0.2) is 5.38 Å². The van der Waals surface area contributed by atoms with Crippen molar-refractivity contribution in [3.05, 3.63) is 16.1 Å². The SMILES string of the molecule is CC(c1nc(CCl)cs1)N1CCN(C2CCCC2)CC1. The predicted molar refractivity (Wildman–Crippen MR) is 85.5 cm³/mol. The quantitative estimate of drug-likeness (QED) is 0.793. The lowest BCUT2D eigenvalue weighted by atomic mass is 10.1. The molecule has 1 atom stereocenters. The number of piperazine rings is 1. The van der Waals surface area contributed by atoms with E-state index in [-0.39, 0.29) is 0 Å². The Morgan fingerprint density at radius 3 is 2.60 bits per heavy atom. The van der Waals surface area contributed by atoms with Crippen molar-refractivity contribution in [2.75, 3.05) is 26.2 Å². The molecule has 1 aliphatic heterocycles. The Hall–Kier alpha value is -0.160. The summed E-state index contributed by atoms with van der Waals surface area (Å²) in [7, 11) is 0. The van der Waals surface area contributed by atoms with Crippen LogP contribution in [0, 0.1) is 0 Å². The Labute approximate surface area is 130 Å². The standard InChI is InChI=1S/C15H24ClN3S/c1-12(15-17-13(10-16)11-20-15)18-6-8-19(9-7-18)14-4-2-3-5-14/h11-12,14H,2-10H2,1H3. The van der Waals surface area contributed by atoms with Crippen LogP contribution in [0.5, 0.6) is 0 Å². The van der Waals surface area contributed by atoms with Gasteiger partial charge in [0.15, 0.2) is 0 Å². The van der Waals surface area contributed by atoms with E-state index in [4.69, 9.17) is 11.6 Å². The van der Waals surface area contributed by atoms with Gasteiger partial charge in [0.05, 0.1) is 17.6 Å². The van der Waals surface area contributed by atoms with Gasteiger partial charge in [-0.2, -0.15) is 0 Å². The van der Waals surface area contributed by atoms with Crippen LogP contribution in [-0.4, -0.2) is 47.0 Å². The molecule has 0 amide bonds.